The molecule has 0 saturated heterocycles. The van der Waals surface area contributed by atoms with Crippen molar-refractivity contribution >= 4 is 23.2 Å². The molecule has 1 atom stereocenters. The molecular weight excluding hydrogens is 296 g/mol. The smallest absolute Gasteiger partial charge is 0.264 e. The van der Waals surface area contributed by atoms with E-state index in [1.54, 1.807) is 0 Å². The molecule has 5 heteroatoms. The van der Waals surface area contributed by atoms with E-state index in [4.69, 9.17) is 17.0 Å². The number of benzene rings is 1. The molecule has 122 valence electrons. The number of carbonyl (C=O) groups is 1. The van der Waals surface area contributed by atoms with Crippen LogP contribution in [0.25, 0.3) is 0 Å². The zero-order valence-electron chi connectivity index (χ0n) is 14.0. The van der Waals surface area contributed by atoms with E-state index in [1.165, 1.54) is 11.1 Å². The molecule has 0 fully saturated rings. The summed E-state index contributed by atoms with van der Waals surface area (Å²) >= 11 is 5.07. The molecule has 1 unspecified atom stereocenters. The lowest BCUT2D eigenvalue weighted by atomic mass is 9.98. The molecule has 2 N–H and O–H groups in total. The maximum absolute atomic E-state index is 11.8. The van der Waals surface area contributed by atoms with Crippen molar-refractivity contribution in [3.63, 3.8) is 0 Å². The Bertz CT molecular complexity index is 529. The summed E-state index contributed by atoms with van der Waals surface area (Å²) in [5.41, 5.74) is 2.46. The van der Waals surface area contributed by atoms with E-state index in [0.717, 1.165) is 6.42 Å². The minimum atomic E-state index is -0.258. The van der Waals surface area contributed by atoms with Crippen molar-refractivity contribution < 1.29 is 9.53 Å². The second kappa shape index (κ2) is 8.73. The number of hydrogen-bond acceptors (Lipinski definition) is 3. The Labute approximate surface area is 138 Å². The minimum absolute atomic E-state index is 0.0528. The molecular formula is C17H26N2O2S. The Hall–Kier alpha value is -1.62. The van der Waals surface area contributed by atoms with Gasteiger partial charge in [0.1, 0.15) is 5.75 Å². The van der Waals surface area contributed by atoms with Gasteiger partial charge in [0.15, 0.2) is 11.7 Å². The number of carbonyl (C=O) groups excluding carboxylic acids is 1. The lowest BCUT2D eigenvalue weighted by Crippen LogP contribution is -2.44. The average Bonchev–Trinajstić information content (AvgIpc) is 2.44. The lowest BCUT2D eigenvalue weighted by Gasteiger charge is -2.15. The maximum Gasteiger partial charge on any atom is 0.264 e. The SMILES string of the molecule is CCC(C)NC(=S)NC(=O)COc1ccc(C(C)C)c(C)c1. The summed E-state index contributed by atoms with van der Waals surface area (Å²) in [7, 11) is 0. The number of aryl methyl sites for hydroxylation is 1. The third-order valence-electron chi connectivity index (χ3n) is 3.48. The Morgan fingerprint density at radius 1 is 1.32 bits per heavy atom. The molecule has 1 aromatic carbocycles. The summed E-state index contributed by atoms with van der Waals surface area (Å²) in [6, 6.07) is 6.13. The van der Waals surface area contributed by atoms with Gasteiger partial charge < -0.3 is 15.4 Å². The van der Waals surface area contributed by atoms with Crippen LogP contribution in [0.15, 0.2) is 18.2 Å². The van der Waals surface area contributed by atoms with Gasteiger partial charge in [-0.3, -0.25) is 4.79 Å². The summed E-state index contributed by atoms with van der Waals surface area (Å²) in [5.74, 6) is 0.908. The number of nitrogens with one attached hydrogen (secondary N) is 2. The van der Waals surface area contributed by atoms with Gasteiger partial charge in [0, 0.05) is 6.04 Å². The normalized spacial score (nSPS) is 11.9. The van der Waals surface area contributed by atoms with E-state index in [2.05, 4.69) is 24.5 Å². The summed E-state index contributed by atoms with van der Waals surface area (Å²) in [4.78, 5) is 11.8. The fourth-order valence-corrected chi connectivity index (χ4v) is 2.37. The van der Waals surface area contributed by atoms with Gasteiger partial charge in [-0.1, -0.05) is 26.8 Å². The number of hydrogen-bond donors (Lipinski definition) is 2. The molecule has 0 radical (unpaired) electrons. The van der Waals surface area contributed by atoms with Gasteiger partial charge in [0.2, 0.25) is 0 Å². The lowest BCUT2D eigenvalue weighted by molar-refractivity contribution is -0.121. The van der Waals surface area contributed by atoms with Crippen LogP contribution in [0.1, 0.15) is 51.2 Å². The van der Waals surface area contributed by atoms with Gasteiger partial charge in [-0.15, -0.1) is 0 Å². The van der Waals surface area contributed by atoms with Crippen molar-refractivity contribution in [3.05, 3.63) is 29.3 Å². The molecule has 0 saturated carbocycles. The second-order valence-corrected chi connectivity index (χ2v) is 6.20. The monoisotopic (exact) mass is 322 g/mol. The molecule has 1 rings (SSSR count). The van der Waals surface area contributed by atoms with Crippen LogP contribution < -0.4 is 15.4 Å². The third-order valence-corrected chi connectivity index (χ3v) is 3.70. The minimum Gasteiger partial charge on any atom is -0.484 e. The zero-order chi connectivity index (χ0) is 16.7. The Morgan fingerprint density at radius 2 is 2.00 bits per heavy atom. The molecule has 1 amide bonds. The van der Waals surface area contributed by atoms with E-state index in [9.17, 15) is 4.79 Å². The number of thiocarbonyl (C=S) groups is 1. The average molecular weight is 322 g/mol. The molecule has 0 aliphatic rings. The fourth-order valence-electron chi connectivity index (χ4n) is 2.06. The number of amides is 1. The van der Waals surface area contributed by atoms with E-state index in [1.807, 2.05) is 39.0 Å². The van der Waals surface area contributed by atoms with E-state index in [0.29, 0.717) is 16.8 Å². The van der Waals surface area contributed by atoms with Crippen LogP contribution in [0.5, 0.6) is 5.75 Å². The largest absolute Gasteiger partial charge is 0.484 e. The molecule has 0 spiro atoms. The highest BCUT2D eigenvalue weighted by Gasteiger charge is 2.09. The van der Waals surface area contributed by atoms with Crippen LogP contribution >= 0.6 is 12.2 Å². The quantitative estimate of drug-likeness (QED) is 0.789. The molecule has 0 aliphatic carbocycles. The summed E-state index contributed by atoms with van der Waals surface area (Å²) in [6.45, 7) is 10.4. The first-order valence-electron chi connectivity index (χ1n) is 7.67. The molecule has 0 aromatic heterocycles. The van der Waals surface area contributed by atoms with Gasteiger partial charge in [-0.2, -0.15) is 0 Å². The van der Waals surface area contributed by atoms with Crippen molar-refractivity contribution in [3.8, 4) is 5.75 Å². The van der Waals surface area contributed by atoms with Gasteiger partial charge in [-0.25, -0.2) is 0 Å². The van der Waals surface area contributed by atoms with Crippen molar-refractivity contribution in [1.82, 2.24) is 10.6 Å². The first kappa shape index (κ1) is 18.4. The highest BCUT2D eigenvalue weighted by Crippen LogP contribution is 2.23. The highest BCUT2D eigenvalue weighted by atomic mass is 32.1. The predicted octanol–water partition coefficient (Wildman–Crippen LogP) is 3.29. The maximum atomic E-state index is 11.8. The number of rotatable bonds is 6. The predicted molar refractivity (Wildman–Crippen MR) is 94.4 cm³/mol. The molecule has 4 nitrogen and oxygen atoms in total. The van der Waals surface area contributed by atoms with Gasteiger partial charge >= 0.3 is 0 Å². The van der Waals surface area contributed by atoms with Crippen LogP contribution in [0.3, 0.4) is 0 Å². The Morgan fingerprint density at radius 3 is 2.55 bits per heavy atom. The standard InChI is InChI=1S/C17H26N2O2S/c1-6-13(5)18-17(22)19-16(20)10-21-14-7-8-15(11(2)3)12(4)9-14/h7-9,11,13H,6,10H2,1-5H3,(H2,18,19,20,22). The highest BCUT2D eigenvalue weighted by molar-refractivity contribution is 7.80. The molecule has 0 heterocycles. The van der Waals surface area contributed by atoms with Crippen LogP contribution in [-0.2, 0) is 4.79 Å². The van der Waals surface area contributed by atoms with Crippen molar-refractivity contribution in [2.45, 2.75) is 53.0 Å². The van der Waals surface area contributed by atoms with Gasteiger partial charge in [-0.05, 0) is 61.7 Å². The Balaban J connectivity index is 2.47. The van der Waals surface area contributed by atoms with Crippen LogP contribution in [0.2, 0.25) is 0 Å². The molecule has 0 bridgehead atoms. The van der Waals surface area contributed by atoms with Crippen molar-refractivity contribution in [1.29, 1.82) is 0 Å². The number of ether oxygens (including phenoxy) is 1. The summed E-state index contributed by atoms with van der Waals surface area (Å²) in [5, 5.41) is 5.99. The van der Waals surface area contributed by atoms with Crippen molar-refractivity contribution in [2.75, 3.05) is 6.61 Å². The first-order chi connectivity index (χ1) is 10.3. The third kappa shape index (κ3) is 6.02. The summed E-state index contributed by atoms with van der Waals surface area (Å²) in [6.07, 6.45) is 0.938. The van der Waals surface area contributed by atoms with Gasteiger partial charge in [0.25, 0.3) is 5.91 Å². The van der Waals surface area contributed by atoms with Crippen molar-refractivity contribution in [2.24, 2.45) is 0 Å². The van der Waals surface area contributed by atoms with Crippen LogP contribution in [-0.4, -0.2) is 23.7 Å². The van der Waals surface area contributed by atoms with E-state index in [-0.39, 0.29) is 18.6 Å². The van der Waals surface area contributed by atoms with Crippen LogP contribution in [0, 0.1) is 6.92 Å². The van der Waals surface area contributed by atoms with Gasteiger partial charge in [0.05, 0.1) is 0 Å². The zero-order valence-corrected chi connectivity index (χ0v) is 14.8. The molecule has 1 aromatic rings. The topological polar surface area (TPSA) is 50.4 Å². The van der Waals surface area contributed by atoms with E-state index < -0.39 is 0 Å². The first-order valence-corrected chi connectivity index (χ1v) is 8.08. The Kier molecular flexibility index (Phi) is 7.32. The molecule has 0 aliphatic heterocycles. The summed E-state index contributed by atoms with van der Waals surface area (Å²) < 4.78 is 5.52. The van der Waals surface area contributed by atoms with E-state index >= 15 is 0 Å². The van der Waals surface area contributed by atoms with Crippen LogP contribution in [0.4, 0.5) is 0 Å². The molecule has 22 heavy (non-hydrogen) atoms. The second-order valence-electron chi connectivity index (χ2n) is 5.79. The fraction of sp³-hybridized carbons (Fsp3) is 0.529.